The van der Waals surface area contributed by atoms with Crippen molar-refractivity contribution in [2.24, 2.45) is 0 Å². The van der Waals surface area contributed by atoms with Crippen molar-refractivity contribution in [3.8, 4) is 0 Å². The van der Waals surface area contributed by atoms with Crippen LogP contribution in [0, 0.1) is 0 Å². The first kappa shape index (κ1) is 14.2. The first-order valence-corrected chi connectivity index (χ1v) is 6.73. The van der Waals surface area contributed by atoms with E-state index < -0.39 is 0 Å². The van der Waals surface area contributed by atoms with E-state index in [9.17, 15) is 4.79 Å². The molecular weight excluding hydrogens is 254 g/mol. The lowest BCUT2D eigenvalue weighted by molar-refractivity contribution is 0.0925. The topological polar surface area (TPSA) is 77.9 Å². The molecule has 0 spiro atoms. The maximum Gasteiger partial charge on any atom is 0.268 e. The minimum absolute atomic E-state index is 0.0147. The Morgan fingerprint density at radius 1 is 1.45 bits per heavy atom. The van der Waals surface area contributed by atoms with E-state index in [0.717, 1.165) is 0 Å². The molecule has 2 aromatic heterocycles. The molecule has 6 nitrogen and oxygen atoms in total. The van der Waals surface area contributed by atoms with Crippen LogP contribution in [0.2, 0.25) is 0 Å². The number of nitrogens with two attached hydrogens (primary N) is 1. The summed E-state index contributed by atoms with van der Waals surface area (Å²) in [5, 5.41) is 7.09. The van der Waals surface area contributed by atoms with E-state index in [2.05, 4.69) is 10.4 Å². The second kappa shape index (κ2) is 5.81. The Morgan fingerprint density at radius 3 is 2.80 bits per heavy atom. The van der Waals surface area contributed by atoms with Crippen LogP contribution in [0.5, 0.6) is 0 Å². The van der Waals surface area contributed by atoms with Gasteiger partial charge in [-0.15, -0.1) is 0 Å². The summed E-state index contributed by atoms with van der Waals surface area (Å²) in [7, 11) is 0. The summed E-state index contributed by atoms with van der Waals surface area (Å²) in [6.45, 7) is 6.62. The lowest BCUT2D eigenvalue weighted by Gasteiger charge is -2.16. The van der Waals surface area contributed by atoms with E-state index in [1.54, 1.807) is 23.1 Å². The summed E-state index contributed by atoms with van der Waals surface area (Å²) in [6.07, 6.45) is 5.38. The predicted octanol–water partition coefficient (Wildman–Crippen LogP) is 1.67. The smallest absolute Gasteiger partial charge is 0.268 e. The van der Waals surface area contributed by atoms with Crippen LogP contribution in [0.1, 0.15) is 37.3 Å². The van der Waals surface area contributed by atoms with Crippen molar-refractivity contribution in [1.82, 2.24) is 19.7 Å². The highest BCUT2D eigenvalue weighted by Gasteiger charge is 2.16. The summed E-state index contributed by atoms with van der Waals surface area (Å²) < 4.78 is 3.67. The molecule has 0 aliphatic rings. The number of hydrogen-bond acceptors (Lipinski definition) is 3. The van der Waals surface area contributed by atoms with E-state index in [4.69, 9.17) is 5.73 Å². The standard InChI is InChI=1S/C14H21N5O/c1-10(2)19-9-12(15)7-13(19)14(20)17-11(3)8-18-6-4-5-16-18/h4-7,9-11H,8,15H2,1-3H3,(H,17,20). The molecule has 1 amide bonds. The van der Waals surface area contributed by atoms with Gasteiger partial charge in [0.1, 0.15) is 5.69 Å². The number of amides is 1. The van der Waals surface area contributed by atoms with Gasteiger partial charge in [0.05, 0.1) is 12.2 Å². The highest BCUT2D eigenvalue weighted by Crippen LogP contribution is 2.16. The highest BCUT2D eigenvalue weighted by atomic mass is 16.2. The molecule has 2 aromatic rings. The van der Waals surface area contributed by atoms with Crippen molar-refractivity contribution in [3.63, 3.8) is 0 Å². The van der Waals surface area contributed by atoms with Crippen molar-refractivity contribution in [3.05, 3.63) is 36.4 Å². The van der Waals surface area contributed by atoms with Gasteiger partial charge in [-0.05, 0) is 32.9 Å². The number of nitrogens with zero attached hydrogens (tertiary/aromatic N) is 3. The van der Waals surface area contributed by atoms with Crippen molar-refractivity contribution in [1.29, 1.82) is 0 Å². The van der Waals surface area contributed by atoms with Crippen LogP contribution in [-0.4, -0.2) is 26.3 Å². The number of anilines is 1. The lowest BCUT2D eigenvalue weighted by atomic mass is 10.3. The monoisotopic (exact) mass is 275 g/mol. The van der Waals surface area contributed by atoms with Crippen molar-refractivity contribution >= 4 is 11.6 Å². The Kier molecular flexibility index (Phi) is 4.12. The zero-order valence-electron chi connectivity index (χ0n) is 12.1. The van der Waals surface area contributed by atoms with Crippen LogP contribution >= 0.6 is 0 Å². The molecule has 0 aliphatic heterocycles. The maximum absolute atomic E-state index is 12.3. The van der Waals surface area contributed by atoms with Gasteiger partial charge in [-0.25, -0.2) is 0 Å². The van der Waals surface area contributed by atoms with Gasteiger partial charge in [0.15, 0.2) is 0 Å². The Bertz CT molecular complexity index is 570. The highest BCUT2D eigenvalue weighted by molar-refractivity contribution is 5.94. The number of rotatable bonds is 5. The van der Waals surface area contributed by atoms with Crippen LogP contribution in [0.4, 0.5) is 5.69 Å². The van der Waals surface area contributed by atoms with Crippen LogP contribution in [0.3, 0.4) is 0 Å². The first-order chi connectivity index (χ1) is 9.47. The van der Waals surface area contributed by atoms with Crippen LogP contribution in [-0.2, 0) is 6.54 Å². The minimum Gasteiger partial charge on any atom is -0.397 e. The SMILES string of the molecule is CC(Cn1cccn1)NC(=O)c1cc(N)cn1C(C)C. The summed E-state index contributed by atoms with van der Waals surface area (Å²) >= 11 is 0. The number of carbonyl (C=O) groups excluding carboxylic acids is 1. The van der Waals surface area contributed by atoms with Gasteiger partial charge < -0.3 is 15.6 Å². The normalized spacial score (nSPS) is 12.6. The van der Waals surface area contributed by atoms with E-state index in [-0.39, 0.29) is 18.0 Å². The molecule has 20 heavy (non-hydrogen) atoms. The van der Waals surface area contributed by atoms with Gasteiger partial charge in [0.2, 0.25) is 0 Å². The van der Waals surface area contributed by atoms with Crippen LogP contribution in [0.25, 0.3) is 0 Å². The second-order valence-corrected chi connectivity index (χ2v) is 5.26. The largest absolute Gasteiger partial charge is 0.397 e. The van der Waals surface area contributed by atoms with Crippen LogP contribution in [0.15, 0.2) is 30.7 Å². The fourth-order valence-corrected chi connectivity index (χ4v) is 2.14. The third kappa shape index (κ3) is 3.20. The van der Waals surface area contributed by atoms with E-state index in [1.807, 2.05) is 37.6 Å². The molecule has 0 aromatic carbocycles. The Hall–Kier alpha value is -2.24. The fraction of sp³-hybridized carbons (Fsp3) is 0.429. The van der Waals surface area contributed by atoms with Gasteiger partial charge in [0.25, 0.3) is 5.91 Å². The third-order valence-corrected chi connectivity index (χ3v) is 3.06. The molecule has 0 fully saturated rings. The van der Waals surface area contributed by atoms with Crippen molar-refractivity contribution in [2.75, 3.05) is 5.73 Å². The number of nitrogens with one attached hydrogen (secondary N) is 1. The van der Waals surface area contributed by atoms with Crippen molar-refractivity contribution < 1.29 is 4.79 Å². The zero-order chi connectivity index (χ0) is 14.7. The predicted molar refractivity (Wildman–Crippen MR) is 78.4 cm³/mol. The van der Waals surface area contributed by atoms with E-state index in [1.165, 1.54) is 0 Å². The van der Waals surface area contributed by atoms with Gasteiger partial charge >= 0.3 is 0 Å². The van der Waals surface area contributed by atoms with E-state index in [0.29, 0.717) is 17.9 Å². The zero-order valence-corrected chi connectivity index (χ0v) is 12.1. The number of nitrogen functional groups attached to an aromatic ring is 1. The molecule has 108 valence electrons. The molecular formula is C14H21N5O. The number of carbonyl (C=O) groups is 1. The fourth-order valence-electron chi connectivity index (χ4n) is 2.14. The van der Waals surface area contributed by atoms with E-state index >= 15 is 0 Å². The Balaban J connectivity index is 2.04. The molecule has 1 atom stereocenters. The molecule has 3 N–H and O–H groups in total. The Morgan fingerprint density at radius 2 is 2.20 bits per heavy atom. The third-order valence-electron chi connectivity index (χ3n) is 3.06. The molecule has 6 heteroatoms. The molecule has 0 saturated carbocycles. The minimum atomic E-state index is -0.116. The molecule has 2 rings (SSSR count). The summed E-state index contributed by atoms with van der Waals surface area (Å²) in [5.74, 6) is -0.116. The number of aromatic nitrogens is 3. The lowest BCUT2D eigenvalue weighted by Crippen LogP contribution is -2.36. The van der Waals surface area contributed by atoms with Gasteiger partial charge in [-0.2, -0.15) is 5.10 Å². The van der Waals surface area contributed by atoms with Gasteiger partial charge in [0, 0.05) is 30.7 Å². The maximum atomic E-state index is 12.3. The first-order valence-electron chi connectivity index (χ1n) is 6.73. The summed E-state index contributed by atoms with van der Waals surface area (Å²) in [4.78, 5) is 12.3. The molecule has 0 bridgehead atoms. The second-order valence-electron chi connectivity index (χ2n) is 5.26. The molecule has 2 heterocycles. The summed E-state index contributed by atoms with van der Waals surface area (Å²) in [6, 6.07) is 3.74. The van der Waals surface area contributed by atoms with Gasteiger partial charge in [-0.3, -0.25) is 9.48 Å². The molecule has 0 saturated heterocycles. The molecule has 0 radical (unpaired) electrons. The quantitative estimate of drug-likeness (QED) is 0.871. The molecule has 1 unspecified atom stereocenters. The van der Waals surface area contributed by atoms with Gasteiger partial charge in [-0.1, -0.05) is 0 Å². The Labute approximate surface area is 118 Å². The average Bonchev–Trinajstić information content (AvgIpc) is 2.97. The molecule has 0 aliphatic carbocycles. The van der Waals surface area contributed by atoms with Crippen LogP contribution < -0.4 is 11.1 Å². The number of hydrogen-bond donors (Lipinski definition) is 2. The van der Waals surface area contributed by atoms with Crippen molar-refractivity contribution in [2.45, 2.75) is 39.4 Å². The average molecular weight is 275 g/mol. The summed E-state index contributed by atoms with van der Waals surface area (Å²) in [5.41, 5.74) is 6.97.